The van der Waals surface area contributed by atoms with Crippen molar-refractivity contribution < 1.29 is 18.3 Å². The Morgan fingerprint density at radius 3 is 2.52 bits per heavy atom. The topological polar surface area (TPSA) is 48.9 Å². The lowest BCUT2D eigenvalue weighted by Gasteiger charge is -2.05. The van der Waals surface area contributed by atoms with Crippen LogP contribution in [-0.4, -0.2) is 15.1 Å². The maximum Gasteiger partial charge on any atom is 0.416 e. The molecule has 1 heterocycles. The van der Waals surface area contributed by atoms with Gasteiger partial charge in [-0.2, -0.15) is 13.2 Å². The van der Waals surface area contributed by atoms with Crippen LogP contribution in [0.1, 0.15) is 5.56 Å². The van der Waals surface area contributed by atoms with E-state index in [0.717, 1.165) is 12.1 Å². The molecule has 0 unspecified atom stereocenters. The monoisotopic (exact) mass is 404 g/mol. The third-order valence-electron chi connectivity index (χ3n) is 3.03. The minimum atomic E-state index is -4.39. The van der Waals surface area contributed by atoms with Crippen LogP contribution in [-0.2, 0) is 6.18 Å². The van der Waals surface area contributed by atoms with E-state index in [1.165, 1.54) is 12.1 Å². The highest BCUT2D eigenvalue weighted by atomic mass is 127. The van der Waals surface area contributed by atoms with E-state index in [1.54, 1.807) is 12.1 Å². The molecule has 3 aromatic rings. The zero-order chi connectivity index (χ0) is 15.2. The first kappa shape index (κ1) is 14.2. The van der Waals surface area contributed by atoms with Crippen molar-refractivity contribution in [3.8, 4) is 17.1 Å². The van der Waals surface area contributed by atoms with Gasteiger partial charge in [-0.05, 0) is 59.0 Å². The van der Waals surface area contributed by atoms with Crippen molar-refractivity contribution in [2.75, 3.05) is 0 Å². The van der Waals surface area contributed by atoms with Gasteiger partial charge in [-0.1, -0.05) is 0 Å². The second kappa shape index (κ2) is 4.90. The predicted molar refractivity (Wildman–Crippen MR) is 80.9 cm³/mol. The number of alkyl halides is 3. The number of phenolic OH excluding ortho intramolecular Hbond substituents is 1. The van der Waals surface area contributed by atoms with E-state index in [0.29, 0.717) is 26.0 Å². The molecule has 0 saturated carbocycles. The average Bonchev–Trinajstić information content (AvgIpc) is 2.83. The third kappa shape index (κ3) is 2.69. The summed E-state index contributed by atoms with van der Waals surface area (Å²) < 4.78 is 38.7. The number of imidazole rings is 1. The van der Waals surface area contributed by atoms with Crippen LogP contribution < -0.4 is 0 Å². The number of aromatic amines is 1. The molecule has 3 nitrogen and oxygen atoms in total. The molecule has 0 aliphatic carbocycles. The summed E-state index contributed by atoms with van der Waals surface area (Å²) in [4.78, 5) is 7.09. The highest BCUT2D eigenvalue weighted by Gasteiger charge is 2.30. The molecule has 1 aromatic heterocycles. The Morgan fingerprint density at radius 2 is 1.86 bits per heavy atom. The highest BCUT2D eigenvalue weighted by molar-refractivity contribution is 14.1. The van der Waals surface area contributed by atoms with Gasteiger partial charge in [0.05, 0.1) is 20.2 Å². The molecule has 0 bridgehead atoms. The molecule has 3 rings (SSSR count). The fourth-order valence-corrected chi connectivity index (χ4v) is 2.32. The second-order valence-electron chi connectivity index (χ2n) is 4.48. The number of hydrogen-bond acceptors (Lipinski definition) is 2. The maximum absolute atomic E-state index is 12.7. The van der Waals surface area contributed by atoms with Gasteiger partial charge in [0.1, 0.15) is 11.6 Å². The van der Waals surface area contributed by atoms with Crippen molar-refractivity contribution in [2.24, 2.45) is 0 Å². The van der Waals surface area contributed by atoms with Gasteiger partial charge < -0.3 is 10.1 Å². The van der Waals surface area contributed by atoms with E-state index in [4.69, 9.17) is 0 Å². The number of rotatable bonds is 1. The van der Waals surface area contributed by atoms with E-state index in [2.05, 4.69) is 9.97 Å². The van der Waals surface area contributed by atoms with Crippen LogP contribution >= 0.6 is 22.6 Å². The molecule has 0 spiro atoms. The molecule has 0 aliphatic rings. The van der Waals surface area contributed by atoms with Gasteiger partial charge in [0.15, 0.2) is 0 Å². The second-order valence-corrected chi connectivity index (χ2v) is 5.64. The Labute approximate surface area is 131 Å². The molecular formula is C14H8F3IN2O. The fourth-order valence-electron chi connectivity index (χ4n) is 1.98. The minimum Gasteiger partial charge on any atom is -0.507 e. The van der Waals surface area contributed by atoms with E-state index in [-0.39, 0.29) is 5.75 Å². The molecule has 0 atom stereocenters. The normalized spacial score (nSPS) is 12.0. The molecule has 0 radical (unpaired) electrons. The zero-order valence-electron chi connectivity index (χ0n) is 10.4. The Kier molecular flexibility index (Phi) is 3.31. The van der Waals surface area contributed by atoms with Gasteiger partial charge in [-0.3, -0.25) is 0 Å². The minimum absolute atomic E-state index is 0.101. The predicted octanol–water partition coefficient (Wildman–Crippen LogP) is 4.56. The molecular weight excluding hydrogens is 396 g/mol. The smallest absolute Gasteiger partial charge is 0.416 e. The average molecular weight is 404 g/mol. The summed E-state index contributed by atoms with van der Waals surface area (Å²) in [6, 6.07) is 8.31. The Morgan fingerprint density at radius 1 is 1.10 bits per heavy atom. The van der Waals surface area contributed by atoms with Gasteiger partial charge in [-0.15, -0.1) is 0 Å². The summed E-state index contributed by atoms with van der Waals surface area (Å²) in [5.74, 6) is 0.514. The number of hydrogen-bond donors (Lipinski definition) is 2. The van der Waals surface area contributed by atoms with E-state index in [1.807, 2.05) is 22.6 Å². The third-order valence-corrected chi connectivity index (χ3v) is 3.94. The number of H-pyrrole nitrogens is 1. The number of aromatic hydroxyl groups is 1. The van der Waals surface area contributed by atoms with Crippen LogP contribution in [0.3, 0.4) is 0 Å². The Bertz CT molecular complexity index is 827. The molecule has 7 heteroatoms. The molecule has 0 amide bonds. The van der Waals surface area contributed by atoms with Crippen molar-refractivity contribution in [1.82, 2.24) is 9.97 Å². The first-order chi connectivity index (χ1) is 9.84. The molecule has 21 heavy (non-hydrogen) atoms. The lowest BCUT2D eigenvalue weighted by Crippen LogP contribution is -2.04. The standard InChI is InChI=1S/C14H8F3IN2O/c15-14(16,17)8-2-4-10-11(6-8)20-13(19-10)7-1-3-9(18)12(21)5-7/h1-6,21H,(H,19,20). The van der Waals surface area contributed by atoms with Crippen molar-refractivity contribution in [2.45, 2.75) is 6.18 Å². The van der Waals surface area contributed by atoms with Crippen LogP contribution in [0.25, 0.3) is 22.4 Å². The van der Waals surface area contributed by atoms with Crippen molar-refractivity contribution >= 4 is 33.6 Å². The number of benzene rings is 2. The maximum atomic E-state index is 12.7. The van der Waals surface area contributed by atoms with E-state index < -0.39 is 11.7 Å². The summed E-state index contributed by atoms with van der Waals surface area (Å²) in [7, 11) is 0. The first-order valence-corrected chi connectivity index (χ1v) is 6.98. The van der Waals surface area contributed by atoms with Crippen molar-refractivity contribution in [3.63, 3.8) is 0 Å². The van der Waals surface area contributed by atoms with Gasteiger partial charge >= 0.3 is 6.18 Å². The highest BCUT2D eigenvalue weighted by Crippen LogP contribution is 2.32. The Balaban J connectivity index is 2.10. The quantitative estimate of drug-likeness (QED) is 0.585. The number of nitrogens with zero attached hydrogens (tertiary/aromatic N) is 1. The summed E-state index contributed by atoms with van der Waals surface area (Å²) in [6.45, 7) is 0. The lowest BCUT2D eigenvalue weighted by atomic mass is 10.2. The molecule has 108 valence electrons. The summed E-state index contributed by atoms with van der Waals surface area (Å²) in [5.41, 5.74) is 0.627. The van der Waals surface area contributed by atoms with Crippen molar-refractivity contribution in [1.29, 1.82) is 0 Å². The van der Waals surface area contributed by atoms with Gasteiger partial charge in [0, 0.05) is 5.56 Å². The van der Waals surface area contributed by atoms with Gasteiger partial charge in [0.2, 0.25) is 0 Å². The van der Waals surface area contributed by atoms with Crippen LogP contribution in [0.15, 0.2) is 36.4 Å². The number of halogens is 4. The van der Waals surface area contributed by atoms with Crippen LogP contribution in [0.2, 0.25) is 0 Å². The molecule has 2 N–H and O–H groups in total. The summed E-state index contributed by atoms with van der Waals surface area (Å²) >= 11 is 1.98. The van der Waals surface area contributed by atoms with Gasteiger partial charge in [0.25, 0.3) is 0 Å². The molecule has 0 saturated heterocycles. The van der Waals surface area contributed by atoms with E-state index >= 15 is 0 Å². The zero-order valence-corrected chi connectivity index (χ0v) is 12.5. The molecule has 0 fully saturated rings. The van der Waals surface area contributed by atoms with Crippen LogP contribution in [0.5, 0.6) is 5.75 Å². The summed E-state index contributed by atoms with van der Waals surface area (Å²) in [5, 5.41) is 9.69. The molecule has 2 aromatic carbocycles. The van der Waals surface area contributed by atoms with E-state index in [9.17, 15) is 18.3 Å². The van der Waals surface area contributed by atoms with Gasteiger partial charge in [-0.25, -0.2) is 4.98 Å². The van der Waals surface area contributed by atoms with Crippen LogP contribution in [0.4, 0.5) is 13.2 Å². The number of aromatic nitrogens is 2. The SMILES string of the molecule is Oc1cc(-c2nc3ccc(C(F)(F)F)cc3[nH]2)ccc1I. The largest absolute Gasteiger partial charge is 0.507 e. The number of nitrogens with one attached hydrogen (secondary N) is 1. The van der Waals surface area contributed by atoms with Crippen molar-refractivity contribution in [3.05, 3.63) is 45.5 Å². The fraction of sp³-hybridized carbons (Fsp3) is 0.0714. The number of phenols is 1. The Hall–Kier alpha value is -1.77. The first-order valence-electron chi connectivity index (χ1n) is 5.90. The number of fused-ring (bicyclic) bond motifs is 1. The molecule has 0 aliphatic heterocycles. The van der Waals surface area contributed by atoms with Crippen LogP contribution in [0, 0.1) is 3.57 Å². The lowest BCUT2D eigenvalue weighted by molar-refractivity contribution is -0.137. The summed E-state index contributed by atoms with van der Waals surface area (Å²) in [6.07, 6.45) is -4.39.